The van der Waals surface area contributed by atoms with Crippen LogP contribution in [0.25, 0.3) is 10.9 Å². The van der Waals surface area contributed by atoms with Gasteiger partial charge in [0.1, 0.15) is 5.75 Å². The molecule has 2 N–H and O–H groups in total. The molecule has 0 aliphatic heterocycles. The van der Waals surface area contributed by atoms with Crippen molar-refractivity contribution in [3.63, 3.8) is 0 Å². The SMILES string of the molecule is CCc1c(C)c2cc(O)ccc2[nH]c1=O. The summed E-state index contributed by atoms with van der Waals surface area (Å²) in [7, 11) is 0. The van der Waals surface area contributed by atoms with Crippen LogP contribution in [0.1, 0.15) is 18.1 Å². The van der Waals surface area contributed by atoms with Crippen molar-refractivity contribution in [2.75, 3.05) is 0 Å². The van der Waals surface area contributed by atoms with Gasteiger partial charge in [-0.05, 0) is 37.1 Å². The Morgan fingerprint density at radius 3 is 2.80 bits per heavy atom. The molecule has 1 aromatic carbocycles. The van der Waals surface area contributed by atoms with Gasteiger partial charge in [0.25, 0.3) is 5.56 Å². The predicted molar refractivity (Wildman–Crippen MR) is 60.3 cm³/mol. The van der Waals surface area contributed by atoms with E-state index in [-0.39, 0.29) is 11.3 Å². The fraction of sp³-hybridized carbons (Fsp3) is 0.250. The third-order valence-corrected chi connectivity index (χ3v) is 2.74. The highest BCUT2D eigenvalue weighted by molar-refractivity contribution is 5.84. The monoisotopic (exact) mass is 203 g/mol. The van der Waals surface area contributed by atoms with Crippen molar-refractivity contribution >= 4 is 10.9 Å². The average Bonchev–Trinajstić information content (AvgIpc) is 2.20. The average molecular weight is 203 g/mol. The lowest BCUT2D eigenvalue weighted by atomic mass is 10.0. The van der Waals surface area contributed by atoms with Crippen LogP contribution in [0.2, 0.25) is 0 Å². The Morgan fingerprint density at radius 1 is 1.40 bits per heavy atom. The molecular weight excluding hydrogens is 190 g/mol. The highest BCUT2D eigenvalue weighted by Crippen LogP contribution is 2.22. The molecule has 2 aromatic rings. The summed E-state index contributed by atoms with van der Waals surface area (Å²) in [6, 6.07) is 4.97. The van der Waals surface area contributed by atoms with Crippen LogP contribution in [0.5, 0.6) is 5.75 Å². The van der Waals surface area contributed by atoms with Crippen LogP contribution in [0.15, 0.2) is 23.0 Å². The zero-order valence-electron chi connectivity index (χ0n) is 8.79. The Kier molecular flexibility index (Phi) is 2.23. The van der Waals surface area contributed by atoms with Gasteiger partial charge in [-0.1, -0.05) is 6.92 Å². The molecule has 1 aromatic heterocycles. The van der Waals surface area contributed by atoms with Crippen molar-refractivity contribution in [2.24, 2.45) is 0 Å². The number of hydrogen-bond donors (Lipinski definition) is 2. The molecule has 0 spiro atoms. The smallest absolute Gasteiger partial charge is 0.251 e. The fourth-order valence-electron chi connectivity index (χ4n) is 1.91. The van der Waals surface area contributed by atoms with E-state index in [1.807, 2.05) is 13.8 Å². The minimum absolute atomic E-state index is 0.0341. The summed E-state index contributed by atoms with van der Waals surface area (Å²) in [5.74, 6) is 0.222. The minimum atomic E-state index is -0.0341. The zero-order chi connectivity index (χ0) is 11.0. The van der Waals surface area contributed by atoms with E-state index in [2.05, 4.69) is 4.98 Å². The number of nitrogens with one attached hydrogen (secondary N) is 1. The van der Waals surface area contributed by atoms with Crippen molar-refractivity contribution in [1.82, 2.24) is 4.98 Å². The van der Waals surface area contributed by atoms with E-state index in [9.17, 15) is 9.90 Å². The number of rotatable bonds is 1. The zero-order valence-corrected chi connectivity index (χ0v) is 8.79. The van der Waals surface area contributed by atoms with E-state index in [4.69, 9.17) is 0 Å². The van der Waals surface area contributed by atoms with Crippen molar-refractivity contribution in [3.05, 3.63) is 39.7 Å². The number of aryl methyl sites for hydroxylation is 1. The number of H-pyrrole nitrogens is 1. The molecule has 0 bridgehead atoms. The van der Waals surface area contributed by atoms with Crippen molar-refractivity contribution in [2.45, 2.75) is 20.3 Å². The number of pyridine rings is 1. The molecule has 0 aliphatic carbocycles. The van der Waals surface area contributed by atoms with Crippen LogP contribution in [0.3, 0.4) is 0 Å². The Labute approximate surface area is 87.4 Å². The minimum Gasteiger partial charge on any atom is -0.508 e. The van der Waals surface area contributed by atoms with Gasteiger partial charge < -0.3 is 10.1 Å². The Bertz CT molecular complexity index is 570. The number of hydrogen-bond acceptors (Lipinski definition) is 2. The first-order valence-corrected chi connectivity index (χ1v) is 4.98. The van der Waals surface area contributed by atoms with Gasteiger partial charge in [-0.3, -0.25) is 4.79 Å². The Hall–Kier alpha value is -1.77. The third kappa shape index (κ3) is 1.50. The van der Waals surface area contributed by atoms with Gasteiger partial charge in [-0.25, -0.2) is 0 Å². The lowest BCUT2D eigenvalue weighted by Crippen LogP contribution is -2.13. The van der Waals surface area contributed by atoms with Gasteiger partial charge in [-0.15, -0.1) is 0 Å². The molecule has 78 valence electrons. The highest BCUT2D eigenvalue weighted by Gasteiger charge is 2.07. The molecule has 0 unspecified atom stereocenters. The van der Waals surface area contributed by atoms with Crippen molar-refractivity contribution in [1.29, 1.82) is 0 Å². The summed E-state index contributed by atoms with van der Waals surface area (Å²) in [5.41, 5.74) is 2.47. The van der Waals surface area contributed by atoms with E-state index in [0.717, 1.165) is 22.0 Å². The van der Waals surface area contributed by atoms with Gasteiger partial charge in [0, 0.05) is 16.5 Å². The first-order valence-electron chi connectivity index (χ1n) is 4.98. The fourth-order valence-corrected chi connectivity index (χ4v) is 1.91. The van der Waals surface area contributed by atoms with Crippen LogP contribution in [-0.4, -0.2) is 10.1 Å². The molecular formula is C12H13NO2. The molecule has 0 atom stereocenters. The molecule has 0 fully saturated rings. The normalized spacial score (nSPS) is 10.8. The lowest BCUT2D eigenvalue weighted by molar-refractivity contribution is 0.476. The Morgan fingerprint density at radius 2 is 2.13 bits per heavy atom. The van der Waals surface area contributed by atoms with Gasteiger partial charge in [0.15, 0.2) is 0 Å². The highest BCUT2D eigenvalue weighted by atomic mass is 16.3. The molecule has 3 nitrogen and oxygen atoms in total. The lowest BCUT2D eigenvalue weighted by Gasteiger charge is -2.07. The second-order valence-corrected chi connectivity index (χ2v) is 3.64. The first kappa shape index (κ1) is 9.77. The number of aromatic amines is 1. The van der Waals surface area contributed by atoms with Crippen molar-refractivity contribution in [3.8, 4) is 5.75 Å². The van der Waals surface area contributed by atoms with E-state index in [1.54, 1.807) is 18.2 Å². The molecule has 0 saturated carbocycles. The van der Waals surface area contributed by atoms with Gasteiger partial charge in [0.05, 0.1) is 0 Å². The topological polar surface area (TPSA) is 53.1 Å². The summed E-state index contributed by atoms with van der Waals surface area (Å²) in [6.07, 6.45) is 0.701. The standard InChI is InChI=1S/C12H13NO2/c1-3-9-7(2)10-6-8(14)4-5-11(10)13-12(9)15/h4-6,14H,3H2,1-2H3,(H,13,15). The number of aromatic nitrogens is 1. The maximum Gasteiger partial charge on any atom is 0.251 e. The Balaban J connectivity index is 2.92. The quantitative estimate of drug-likeness (QED) is 0.745. The molecule has 0 saturated heterocycles. The second-order valence-electron chi connectivity index (χ2n) is 3.64. The third-order valence-electron chi connectivity index (χ3n) is 2.74. The first-order chi connectivity index (χ1) is 7.13. The van der Waals surface area contributed by atoms with E-state index >= 15 is 0 Å². The summed E-state index contributed by atoms with van der Waals surface area (Å²) in [5, 5.41) is 10.3. The summed E-state index contributed by atoms with van der Waals surface area (Å²) < 4.78 is 0. The molecule has 0 radical (unpaired) electrons. The summed E-state index contributed by atoms with van der Waals surface area (Å²) in [4.78, 5) is 14.5. The molecule has 15 heavy (non-hydrogen) atoms. The second kappa shape index (κ2) is 3.42. The number of benzene rings is 1. The number of phenols is 1. The van der Waals surface area contributed by atoms with Crippen LogP contribution in [0, 0.1) is 6.92 Å². The molecule has 1 heterocycles. The maximum atomic E-state index is 11.7. The van der Waals surface area contributed by atoms with Gasteiger partial charge >= 0.3 is 0 Å². The van der Waals surface area contributed by atoms with E-state index in [1.165, 1.54) is 0 Å². The number of fused-ring (bicyclic) bond motifs is 1. The van der Waals surface area contributed by atoms with Crippen LogP contribution in [-0.2, 0) is 6.42 Å². The number of aromatic hydroxyl groups is 1. The summed E-state index contributed by atoms with van der Waals surface area (Å²) >= 11 is 0. The maximum absolute atomic E-state index is 11.7. The number of phenolic OH excluding ortho intramolecular Hbond substituents is 1. The van der Waals surface area contributed by atoms with Crippen LogP contribution >= 0.6 is 0 Å². The van der Waals surface area contributed by atoms with E-state index in [0.29, 0.717) is 6.42 Å². The van der Waals surface area contributed by atoms with Crippen LogP contribution < -0.4 is 5.56 Å². The molecule has 2 rings (SSSR count). The van der Waals surface area contributed by atoms with Gasteiger partial charge in [0.2, 0.25) is 0 Å². The predicted octanol–water partition coefficient (Wildman–Crippen LogP) is 2.10. The van der Waals surface area contributed by atoms with Crippen molar-refractivity contribution < 1.29 is 5.11 Å². The van der Waals surface area contributed by atoms with Gasteiger partial charge in [-0.2, -0.15) is 0 Å². The summed E-state index contributed by atoms with van der Waals surface area (Å²) in [6.45, 7) is 3.86. The van der Waals surface area contributed by atoms with E-state index < -0.39 is 0 Å². The largest absolute Gasteiger partial charge is 0.508 e. The van der Waals surface area contributed by atoms with Crippen LogP contribution in [0.4, 0.5) is 0 Å². The molecule has 3 heteroatoms. The molecule has 0 aliphatic rings. The molecule has 0 amide bonds.